The van der Waals surface area contributed by atoms with Gasteiger partial charge in [0.1, 0.15) is 4.83 Å². The summed E-state index contributed by atoms with van der Waals surface area (Å²) in [7, 11) is 0. The molecule has 1 fully saturated rings. The van der Waals surface area contributed by atoms with Gasteiger partial charge in [-0.2, -0.15) is 0 Å². The van der Waals surface area contributed by atoms with Crippen LogP contribution in [0, 0.1) is 13.8 Å². The van der Waals surface area contributed by atoms with Gasteiger partial charge < -0.3 is 10.6 Å². The van der Waals surface area contributed by atoms with Crippen LogP contribution in [0.4, 0.5) is 0 Å². The Balaban J connectivity index is 2.37. The molecule has 2 aromatic rings. The first-order valence-electron chi connectivity index (χ1n) is 6.35. The molecule has 0 aliphatic carbocycles. The van der Waals surface area contributed by atoms with E-state index in [1.165, 1.54) is 11.0 Å². The number of aryl methyl sites for hydroxylation is 2. The molecule has 5 heteroatoms. The molecular weight excluding hydrogens is 278 g/mol. The van der Waals surface area contributed by atoms with E-state index in [1.807, 2.05) is 13.8 Å². The van der Waals surface area contributed by atoms with E-state index in [0.717, 1.165) is 44.8 Å². The molecule has 0 aromatic carbocycles. The van der Waals surface area contributed by atoms with Crippen molar-refractivity contribution >= 4 is 45.6 Å². The van der Waals surface area contributed by atoms with E-state index >= 15 is 0 Å². The SMILES string of the molecule is Cc1nc2sc(=C\N3CCC3)/c(=C\N)c2c(C)c1Cl. The molecule has 3 nitrogen and oxygen atoms in total. The lowest BCUT2D eigenvalue weighted by atomic mass is 10.1. The predicted octanol–water partition coefficient (Wildman–Crippen LogP) is 1.71. The first-order chi connectivity index (χ1) is 9.11. The van der Waals surface area contributed by atoms with Gasteiger partial charge in [-0.15, -0.1) is 11.3 Å². The molecule has 1 saturated heterocycles. The standard InChI is InChI=1S/C14H16ClN3S/c1-8-12-10(6-16)11(7-18-4-3-5-18)19-14(12)17-9(2)13(8)15/h6-7H,3-5,16H2,1-2H3/b10-6+,11-7-. The topological polar surface area (TPSA) is 42.2 Å². The Morgan fingerprint density at radius 3 is 2.68 bits per heavy atom. The maximum Gasteiger partial charge on any atom is 0.125 e. The molecule has 0 saturated carbocycles. The third-order valence-corrected chi connectivity index (χ3v) is 5.19. The fourth-order valence-electron chi connectivity index (χ4n) is 2.37. The molecular formula is C14H16ClN3S. The van der Waals surface area contributed by atoms with E-state index in [2.05, 4.69) is 16.1 Å². The number of fused-ring (bicyclic) bond motifs is 1. The van der Waals surface area contributed by atoms with Gasteiger partial charge in [-0.05, 0) is 25.8 Å². The molecule has 0 radical (unpaired) electrons. The second-order valence-electron chi connectivity index (χ2n) is 4.88. The van der Waals surface area contributed by atoms with Crippen molar-refractivity contribution in [3.8, 4) is 0 Å². The molecule has 3 heterocycles. The first kappa shape index (κ1) is 12.8. The quantitative estimate of drug-likeness (QED) is 0.870. The Labute approximate surface area is 121 Å². The van der Waals surface area contributed by atoms with E-state index in [9.17, 15) is 0 Å². The first-order valence-corrected chi connectivity index (χ1v) is 7.54. The number of thiophene rings is 1. The molecule has 0 bridgehead atoms. The molecule has 2 N–H and O–H groups in total. The molecule has 0 unspecified atom stereocenters. The lowest BCUT2D eigenvalue weighted by molar-refractivity contribution is 0.293. The second-order valence-corrected chi connectivity index (χ2v) is 6.29. The van der Waals surface area contributed by atoms with Gasteiger partial charge in [-0.1, -0.05) is 11.6 Å². The number of halogens is 1. The minimum absolute atomic E-state index is 0.740. The van der Waals surface area contributed by atoms with Crippen molar-refractivity contribution < 1.29 is 0 Å². The van der Waals surface area contributed by atoms with Crippen molar-refractivity contribution in [2.45, 2.75) is 20.3 Å². The number of pyridine rings is 1. The number of rotatable bonds is 1. The maximum atomic E-state index is 6.31. The van der Waals surface area contributed by atoms with Crippen molar-refractivity contribution in [3.05, 3.63) is 26.0 Å². The molecule has 2 aromatic heterocycles. The van der Waals surface area contributed by atoms with E-state index in [1.54, 1.807) is 17.5 Å². The van der Waals surface area contributed by atoms with Crippen LogP contribution in [0.2, 0.25) is 5.02 Å². The van der Waals surface area contributed by atoms with Crippen molar-refractivity contribution in [1.82, 2.24) is 9.88 Å². The largest absolute Gasteiger partial charge is 0.404 e. The number of aromatic nitrogens is 1. The highest BCUT2D eigenvalue weighted by Gasteiger charge is 2.13. The van der Waals surface area contributed by atoms with Gasteiger partial charge >= 0.3 is 0 Å². The average Bonchev–Trinajstić information content (AvgIpc) is 2.68. The monoisotopic (exact) mass is 293 g/mol. The smallest absolute Gasteiger partial charge is 0.125 e. The van der Waals surface area contributed by atoms with Crippen LogP contribution in [0.15, 0.2) is 0 Å². The van der Waals surface area contributed by atoms with Crippen molar-refractivity contribution in [3.63, 3.8) is 0 Å². The summed E-state index contributed by atoms with van der Waals surface area (Å²) < 4.78 is 1.18. The summed E-state index contributed by atoms with van der Waals surface area (Å²) in [6, 6.07) is 0. The number of hydrogen-bond donors (Lipinski definition) is 1. The fourth-order valence-corrected chi connectivity index (χ4v) is 3.74. The Bertz CT molecular complexity index is 759. The van der Waals surface area contributed by atoms with Crippen LogP contribution in [-0.2, 0) is 0 Å². The minimum atomic E-state index is 0.740. The third-order valence-electron chi connectivity index (χ3n) is 3.60. The van der Waals surface area contributed by atoms with Gasteiger partial charge in [0.15, 0.2) is 0 Å². The predicted molar refractivity (Wildman–Crippen MR) is 82.7 cm³/mol. The summed E-state index contributed by atoms with van der Waals surface area (Å²) in [5.74, 6) is 0. The van der Waals surface area contributed by atoms with Gasteiger partial charge in [-0.25, -0.2) is 4.98 Å². The van der Waals surface area contributed by atoms with E-state index in [0.29, 0.717) is 0 Å². The summed E-state index contributed by atoms with van der Waals surface area (Å²) >= 11 is 7.99. The highest BCUT2D eigenvalue weighted by atomic mass is 35.5. The van der Waals surface area contributed by atoms with E-state index in [4.69, 9.17) is 17.3 Å². The molecule has 0 spiro atoms. The van der Waals surface area contributed by atoms with Crippen LogP contribution >= 0.6 is 22.9 Å². The number of nitrogens with two attached hydrogens (primary N) is 1. The fraction of sp³-hybridized carbons (Fsp3) is 0.357. The summed E-state index contributed by atoms with van der Waals surface area (Å²) in [4.78, 5) is 7.91. The van der Waals surface area contributed by atoms with Gasteiger partial charge in [0.05, 0.1) is 15.2 Å². The summed E-state index contributed by atoms with van der Waals surface area (Å²) in [6.45, 7) is 6.24. The van der Waals surface area contributed by atoms with Gasteiger partial charge in [0.2, 0.25) is 0 Å². The van der Waals surface area contributed by atoms with Crippen LogP contribution in [-0.4, -0.2) is 23.0 Å². The highest BCUT2D eigenvalue weighted by Crippen LogP contribution is 2.25. The molecule has 100 valence electrons. The highest BCUT2D eigenvalue weighted by molar-refractivity contribution is 7.16. The van der Waals surface area contributed by atoms with Gasteiger partial charge in [-0.3, -0.25) is 0 Å². The number of hydrogen-bond acceptors (Lipinski definition) is 4. The van der Waals surface area contributed by atoms with Crippen molar-refractivity contribution in [2.24, 2.45) is 5.73 Å². The van der Waals surface area contributed by atoms with Crippen LogP contribution in [0.5, 0.6) is 0 Å². The molecule has 3 rings (SSSR count). The zero-order valence-electron chi connectivity index (χ0n) is 11.0. The molecule has 1 aliphatic rings. The average molecular weight is 294 g/mol. The van der Waals surface area contributed by atoms with Crippen LogP contribution in [0.3, 0.4) is 0 Å². The van der Waals surface area contributed by atoms with Crippen LogP contribution in [0.1, 0.15) is 17.7 Å². The maximum absolute atomic E-state index is 6.31. The van der Waals surface area contributed by atoms with Crippen molar-refractivity contribution in [2.75, 3.05) is 13.1 Å². The molecule has 1 aliphatic heterocycles. The third kappa shape index (κ3) is 1.99. The Morgan fingerprint density at radius 2 is 2.11 bits per heavy atom. The van der Waals surface area contributed by atoms with Crippen molar-refractivity contribution in [1.29, 1.82) is 0 Å². The minimum Gasteiger partial charge on any atom is -0.404 e. The normalized spacial score (nSPS) is 17.3. The second kappa shape index (κ2) is 4.69. The zero-order valence-corrected chi connectivity index (χ0v) is 12.6. The van der Waals surface area contributed by atoms with Crippen LogP contribution < -0.4 is 15.5 Å². The Kier molecular flexibility index (Phi) is 3.15. The molecule has 19 heavy (non-hydrogen) atoms. The van der Waals surface area contributed by atoms with E-state index < -0.39 is 0 Å². The summed E-state index contributed by atoms with van der Waals surface area (Å²) in [5.41, 5.74) is 7.78. The lowest BCUT2D eigenvalue weighted by Gasteiger charge is -2.28. The van der Waals surface area contributed by atoms with Gasteiger partial charge in [0.25, 0.3) is 0 Å². The summed E-state index contributed by atoms with van der Waals surface area (Å²) in [5, 5.41) is 2.89. The zero-order chi connectivity index (χ0) is 13.6. The summed E-state index contributed by atoms with van der Waals surface area (Å²) in [6.07, 6.45) is 5.13. The molecule has 0 amide bonds. The van der Waals surface area contributed by atoms with Gasteiger partial charge in [0, 0.05) is 36.1 Å². The number of likely N-dealkylation sites (tertiary alicyclic amines) is 1. The number of nitrogens with zero attached hydrogens (tertiary/aromatic N) is 2. The Morgan fingerprint density at radius 1 is 1.37 bits per heavy atom. The van der Waals surface area contributed by atoms with E-state index in [-0.39, 0.29) is 0 Å². The van der Waals surface area contributed by atoms with Crippen LogP contribution in [0.25, 0.3) is 22.6 Å². The Hall–Kier alpha value is -1.26. The molecule has 0 atom stereocenters. The lowest BCUT2D eigenvalue weighted by Crippen LogP contribution is -2.35.